The fourth-order valence-corrected chi connectivity index (χ4v) is 3.56. The highest BCUT2D eigenvalue weighted by Crippen LogP contribution is 2.31. The van der Waals surface area contributed by atoms with E-state index in [4.69, 9.17) is 5.73 Å². The lowest BCUT2D eigenvalue weighted by atomic mass is 10.0. The van der Waals surface area contributed by atoms with Gasteiger partial charge in [0.25, 0.3) is 0 Å². The number of imidazole rings is 1. The van der Waals surface area contributed by atoms with Gasteiger partial charge in [0.2, 0.25) is 11.9 Å². The molecule has 0 fully saturated rings. The van der Waals surface area contributed by atoms with Gasteiger partial charge in [-0.3, -0.25) is 4.79 Å². The number of nitrogens with zero attached hydrogens (tertiary/aromatic N) is 4. The van der Waals surface area contributed by atoms with Crippen LogP contribution in [0.1, 0.15) is 18.1 Å². The Balaban J connectivity index is 1.86. The van der Waals surface area contributed by atoms with Crippen LogP contribution in [-0.2, 0) is 18.4 Å². The molecule has 4 aromatic rings. The second-order valence-electron chi connectivity index (χ2n) is 6.71. The summed E-state index contributed by atoms with van der Waals surface area (Å²) >= 11 is 0. The van der Waals surface area contributed by atoms with Crippen LogP contribution in [0.4, 0.5) is 11.6 Å². The van der Waals surface area contributed by atoms with E-state index in [2.05, 4.69) is 11.1 Å². The van der Waals surface area contributed by atoms with Gasteiger partial charge in [-0.15, -0.1) is 0 Å². The molecule has 0 spiro atoms. The second kappa shape index (κ2) is 6.71. The maximum atomic E-state index is 12.5. The Bertz CT molecular complexity index is 1270. The Morgan fingerprint density at radius 1 is 1.18 bits per heavy atom. The number of aryl methyl sites for hydroxylation is 1. The van der Waals surface area contributed by atoms with Crippen molar-refractivity contribution in [2.75, 3.05) is 10.6 Å². The van der Waals surface area contributed by atoms with Crippen LogP contribution in [0.5, 0.6) is 0 Å². The minimum absolute atomic E-state index is 0.146. The number of nitrogen functional groups attached to an aromatic ring is 1. The Labute approximate surface area is 162 Å². The first-order chi connectivity index (χ1) is 13.5. The molecule has 2 N–H and O–H groups in total. The van der Waals surface area contributed by atoms with Crippen LogP contribution in [0, 0.1) is 11.3 Å². The molecule has 0 saturated heterocycles. The number of rotatable bonds is 3. The fraction of sp³-hybridized carbons (Fsp3) is 0.136. The molecule has 28 heavy (non-hydrogen) atoms. The molecule has 0 aliphatic heterocycles. The van der Waals surface area contributed by atoms with Gasteiger partial charge in [0, 0.05) is 19.4 Å². The molecule has 0 saturated carbocycles. The molecule has 138 valence electrons. The number of aromatic nitrogens is 2. The molecule has 0 bridgehead atoms. The molecule has 0 atom stereocenters. The monoisotopic (exact) mass is 369 g/mol. The Morgan fingerprint density at radius 2 is 1.96 bits per heavy atom. The average Bonchev–Trinajstić information content (AvgIpc) is 3.00. The zero-order chi connectivity index (χ0) is 19.8. The van der Waals surface area contributed by atoms with Crippen LogP contribution in [0.2, 0.25) is 0 Å². The van der Waals surface area contributed by atoms with Crippen LogP contribution in [-0.4, -0.2) is 15.5 Å². The van der Waals surface area contributed by atoms with Crippen LogP contribution in [0.3, 0.4) is 0 Å². The summed E-state index contributed by atoms with van der Waals surface area (Å²) in [6.45, 7) is 1.80. The maximum Gasteiger partial charge on any atom is 0.224 e. The van der Waals surface area contributed by atoms with Crippen molar-refractivity contribution in [2.45, 2.75) is 13.5 Å². The average molecular weight is 369 g/mol. The third kappa shape index (κ3) is 2.74. The smallest absolute Gasteiger partial charge is 0.224 e. The molecule has 1 aromatic heterocycles. The van der Waals surface area contributed by atoms with Gasteiger partial charge in [-0.05, 0) is 23.1 Å². The third-order valence-electron chi connectivity index (χ3n) is 5.05. The molecule has 0 radical (unpaired) electrons. The number of nitriles is 1. The summed E-state index contributed by atoms with van der Waals surface area (Å²) in [4.78, 5) is 18.6. The molecule has 3 aromatic carbocycles. The van der Waals surface area contributed by atoms with Gasteiger partial charge < -0.3 is 15.2 Å². The molecule has 6 nitrogen and oxygen atoms in total. The van der Waals surface area contributed by atoms with E-state index in [9.17, 15) is 10.1 Å². The number of para-hydroxylation sites is 1. The van der Waals surface area contributed by atoms with E-state index >= 15 is 0 Å². The number of carbonyl (C=O) groups is 1. The van der Waals surface area contributed by atoms with Crippen molar-refractivity contribution in [3.05, 3.63) is 65.7 Å². The van der Waals surface area contributed by atoms with E-state index in [1.165, 1.54) is 6.92 Å². The van der Waals surface area contributed by atoms with E-state index in [-0.39, 0.29) is 5.91 Å². The van der Waals surface area contributed by atoms with Crippen LogP contribution < -0.4 is 10.6 Å². The van der Waals surface area contributed by atoms with Crippen molar-refractivity contribution in [2.24, 2.45) is 7.05 Å². The third-order valence-corrected chi connectivity index (χ3v) is 5.05. The molecule has 6 heteroatoms. The number of hydrogen-bond acceptors (Lipinski definition) is 4. The summed E-state index contributed by atoms with van der Waals surface area (Å²) < 4.78 is 1.81. The predicted octanol–water partition coefficient (Wildman–Crippen LogP) is 3.73. The largest absolute Gasteiger partial charge is 0.369 e. The summed E-state index contributed by atoms with van der Waals surface area (Å²) in [6.07, 6.45) is 0. The SMILES string of the molecule is CC(=O)N(Cc1cccc2c1nc(N)n2C)c1ccc2ccccc2c1C#N. The Morgan fingerprint density at radius 3 is 2.71 bits per heavy atom. The number of hydrogen-bond donors (Lipinski definition) is 1. The molecule has 1 amide bonds. The highest BCUT2D eigenvalue weighted by Gasteiger charge is 2.20. The van der Waals surface area contributed by atoms with Crippen LogP contribution >= 0.6 is 0 Å². The minimum Gasteiger partial charge on any atom is -0.369 e. The minimum atomic E-state index is -0.146. The topological polar surface area (TPSA) is 87.9 Å². The maximum absolute atomic E-state index is 12.5. The van der Waals surface area contributed by atoms with Crippen molar-refractivity contribution in [1.82, 2.24) is 9.55 Å². The highest BCUT2D eigenvalue weighted by atomic mass is 16.2. The first-order valence-corrected chi connectivity index (χ1v) is 8.91. The summed E-state index contributed by atoms with van der Waals surface area (Å²) in [5.41, 5.74) is 9.57. The number of anilines is 2. The van der Waals surface area contributed by atoms with E-state index < -0.39 is 0 Å². The first-order valence-electron chi connectivity index (χ1n) is 8.91. The number of amides is 1. The van der Waals surface area contributed by atoms with Gasteiger partial charge in [-0.1, -0.05) is 42.5 Å². The summed E-state index contributed by atoms with van der Waals surface area (Å²) in [5, 5.41) is 11.6. The van der Waals surface area contributed by atoms with E-state index in [1.54, 1.807) is 4.90 Å². The second-order valence-corrected chi connectivity index (χ2v) is 6.71. The van der Waals surface area contributed by atoms with Crippen LogP contribution in [0.15, 0.2) is 54.6 Å². The van der Waals surface area contributed by atoms with E-state index in [0.717, 1.165) is 27.4 Å². The zero-order valence-corrected chi connectivity index (χ0v) is 15.7. The Kier molecular flexibility index (Phi) is 4.21. The molecular weight excluding hydrogens is 350 g/mol. The van der Waals surface area contributed by atoms with E-state index in [1.807, 2.05) is 66.2 Å². The lowest BCUT2D eigenvalue weighted by Crippen LogP contribution is -2.28. The number of benzene rings is 3. The fourth-order valence-electron chi connectivity index (χ4n) is 3.56. The molecule has 0 unspecified atom stereocenters. The Hall–Kier alpha value is -3.85. The highest BCUT2D eigenvalue weighted by molar-refractivity contribution is 6.00. The molecule has 0 aliphatic carbocycles. The lowest BCUT2D eigenvalue weighted by molar-refractivity contribution is -0.116. The van der Waals surface area contributed by atoms with Gasteiger partial charge in [-0.2, -0.15) is 5.26 Å². The lowest BCUT2D eigenvalue weighted by Gasteiger charge is -2.23. The van der Waals surface area contributed by atoms with Gasteiger partial charge in [0.15, 0.2) is 0 Å². The molecule has 0 aliphatic rings. The van der Waals surface area contributed by atoms with Crippen molar-refractivity contribution < 1.29 is 4.79 Å². The molecule has 4 rings (SSSR count). The van der Waals surface area contributed by atoms with Gasteiger partial charge in [0.1, 0.15) is 6.07 Å². The van der Waals surface area contributed by atoms with Crippen molar-refractivity contribution >= 4 is 39.3 Å². The van der Waals surface area contributed by atoms with Crippen molar-refractivity contribution in [3.8, 4) is 6.07 Å². The standard InChI is InChI=1S/C22H19N5O/c1-14(28)27(13-16-7-5-9-20-21(16)25-22(24)26(20)2)19-11-10-15-6-3-4-8-17(15)18(19)12-23/h3-11H,13H2,1-2H3,(H2,24,25). The summed E-state index contributed by atoms with van der Waals surface area (Å²) in [6, 6.07) is 19.5. The number of fused-ring (bicyclic) bond motifs is 2. The van der Waals surface area contributed by atoms with Crippen molar-refractivity contribution in [1.29, 1.82) is 5.26 Å². The van der Waals surface area contributed by atoms with Gasteiger partial charge in [-0.25, -0.2) is 4.98 Å². The molecule has 1 heterocycles. The summed E-state index contributed by atoms with van der Waals surface area (Å²) in [5.74, 6) is 0.271. The van der Waals surface area contributed by atoms with Crippen molar-refractivity contribution in [3.63, 3.8) is 0 Å². The normalized spacial score (nSPS) is 10.9. The quantitative estimate of drug-likeness (QED) is 0.596. The predicted molar refractivity (Wildman–Crippen MR) is 111 cm³/mol. The first kappa shape index (κ1) is 17.6. The molecular formula is C22H19N5O. The van der Waals surface area contributed by atoms with Gasteiger partial charge >= 0.3 is 0 Å². The van der Waals surface area contributed by atoms with E-state index in [0.29, 0.717) is 23.7 Å². The zero-order valence-electron chi connectivity index (χ0n) is 15.7. The van der Waals surface area contributed by atoms with Crippen LogP contribution in [0.25, 0.3) is 21.8 Å². The van der Waals surface area contributed by atoms with Gasteiger partial charge in [0.05, 0.1) is 28.8 Å². The number of carbonyl (C=O) groups excluding carboxylic acids is 1. The number of nitrogens with two attached hydrogens (primary N) is 1. The summed E-state index contributed by atoms with van der Waals surface area (Å²) in [7, 11) is 1.86.